The van der Waals surface area contributed by atoms with Crippen molar-refractivity contribution in [2.45, 2.75) is 0 Å². The molecule has 0 aliphatic carbocycles. The van der Waals surface area contributed by atoms with Gasteiger partial charge in [-0.25, -0.2) is 9.97 Å². The molecule has 7 nitrogen and oxygen atoms in total. The zero-order valence-corrected chi connectivity index (χ0v) is 9.43. The Hall–Kier alpha value is -1.96. The van der Waals surface area contributed by atoms with E-state index in [1.165, 1.54) is 18.5 Å². The zero-order valence-electron chi connectivity index (χ0n) is 7.85. The van der Waals surface area contributed by atoms with Crippen LogP contribution in [-0.2, 0) is 0 Å². The fraction of sp³-hybridized carbons (Fsp3) is 0. The number of hydrogen-bond acceptors (Lipinski definition) is 5. The van der Waals surface area contributed by atoms with Gasteiger partial charge in [0.25, 0.3) is 5.69 Å². The van der Waals surface area contributed by atoms with Crippen LogP contribution in [0.3, 0.4) is 0 Å². The molecule has 0 unspecified atom stereocenters. The van der Waals surface area contributed by atoms with Crippen LogP contribution < -0.4 is 5.73 Å². The van der Waals surface area contributed by atoms with Crippen molar-refractivity contribution in [2.24, 2.45) is 0 Å². The summed E-state index contributed by atoms with van der Waals surface area (Å²) in [7, 11) is 0. The second kappa shape index (κ2) is 3.89. The maximum atomic E-state index is 10.8. The summed E-state index contributed by atoms with van der Waals surface area (Å²) in [5, 5.41) is 10.8. The van der Waals surface area contributed by atoms with Crippen LogP contribution in [0.4, 0.5) is 11.6 Å². The fourth-order valence-corrected chi connectivity index (χ4v) is 1.55. The van der Waals surface area contributed by atoms with Crippen molar-refractivity contribution in [3.8, 4) is 11.4 Å². The molecule has 82 valence electrons. The number of hydrogen-bond donors (Lipinski definition) is 2. The van der Waals surface area contributed by atoms with Crippen LogP contribution in [0, 0.1) is 10.1 Å². The van der Waals surface area contributed by atoms with Gasteiger partial charge in [-0.2, -0.15) is 0 Å². The minimum atomic E-state index is -0.510. The number of rotatable bonds is 2. The molecular formula is C8H6BrN5O2. The third-order valence-corrected chi connectivity index (χ3v) is 2.32. The Labute approximate surface area is 98.0 Å². The summed E-state index contributed by atoms with van der Waals surface area (Å²) in [6, 6.07) is 1.37. The van der Waals surface area contributed by atoms with E-state index in [9.17, 15) is 10.1 Å². The monoisotopic (exact) mass is 283 g/mol. The maximum Gasteiger partial charge on any atom is 0.298 e. The van der Waals surface area contributed by atoms with Gasteiger partial charge >= 0.3 is 0 Å². The largest absolute Gasteiger partial charge is 0.369 e. The molecule has 0 aliphatic rings. The number of aromatic amines is 1. The minimum absolute atomic E-state index is 0.113. The van der Waals surface area contributed by atoms with Gasteiger partial charge in [0.05, 0.1) is 16.8 Å². The average Bonchev–Trinajstić information content (AvgIpc) is 2.64. The van der Waals surface area contributed by atoms with Gasteiger partial charge in [0, 0.05) is 16.7 Å². The van der Waals surface area contributed by atoms with Crippen LogP contribution in [0.2, 0.25) is 0 Å². The lowest BCUT2D eigenvalue weighted by Crippen LogP contribution is -1.95. The zero-order chi connectivity index (χ0) is 11.7. The highest BCUT2D eigenvalue weighted by Crippen LogP contribution is 2.28. The lowest BCUT2D eigenvalue weighted by molar-refractivity contribution is -0.384. The number of imidazole rings is 1. The molecular weight excluding hydrogens is 278 g/mol. The molecule has 0 fully saturated rings. The van der Waals surface area contributed by atoms with E-state index in [0.29, 0.717) is 10.2 Å². The van der Waals surface area contributed by atoms with E-state index >= 15 is 0 Å². The predicted octanol–water partition coefficient (Wildman–Crippen LogP) is 1.72. The van der Waals surface area contributed by atoms with E-state index in [-0.39, 0.29) is 17.3 Å². The van der Waals surface area contributed by atoms with Crippen LogP contribution in [-0.4, -0.2) is 19.9 Å². The summed E-state index contributed by atoms with van der Waals surface area (Å²) < 4.78 is 0.537. The molecule has 3 N–H and O–H groups in total. The molecule has 0 radical (unpaired) electrons. The topological polar surface area (TPSA) is 111 Å². The Morgan fingerprint density at radius 2 is 2.19 bits per heavy atom. The summed E-state index contributed by atoms with van der Waals surface area (Å²) >= 11 is 3.12. The molecule has 0 aliphatic heterocycles. The van der Waals surface area contributed by atoms with Gasteiger partial charge in [-0.05, 0) is 15.9 Å². The van der Waals surface area contributed by atoms with E-state index in [1.807, 2.05) is 0 Å². The van der Waals surface area contributed by atoms with Gasteiger partial charge in [0.2, 0.25) is 0 Å². The van der Waals surface area contributed by atoms with Crippen molar-refractivity contribution in [2.75, 3.05) is 5.73 Å². The van der Waals surface area contributed by atoms with Gasteiger partial charge in [-0.1, -0.05) is 0 Å². The van der Waals surface area contributed by atoms with Crippen molar-refractivity contribution < 1.29 is 4.92 Å². The number of nitrogen functional groups attached to an aromatic ring is 1. The number of halogens is 1. The SMILES string of the molecule is Nc1ncc(-c2ncc(Br)cc2[N+](=O)[O-])[nH]1. The second-order valence-corrected chi connectivity index (χ2v) is 3.88. The first-order valence-electron chi connectivity index (χ1n) is 4.18. The number of nitrogens with zero attached hydrogens (tertiary/aromatic N) is 3. The van der Waals surface area contributed by atoms with Crippen LogP contribution in [0.15, 0.2) is 22.9 Å². The van der Waals surface area contributed by atoms with E-state index in [1.54, 1.807) is 0 Å². The number of pyridine rings is 1. The first-order valence-corrected chi connectivity index (χ1v) is 4.98. The summed E-state index contributed by atoms with van der Waals surface area (Å²) in [6.07, 6.45) is 2.87. The third-order valence-electron chi connectivity index (χ3n) is 1.88. The number of H-pyrrole nitrogens is 1. The summed E-state index contributed by atoms with van der Waals surface area (Å²) in [5.41, 5.74) is 5.91. The Morgan fingerprint density at radius 3 is 2.75 bits per heavy atom. The van der Waals surface area contributed by atoms with Crippen molar-refractivity contribution in [3.63, 3.8) is 0 Å². The summed E-state index contributed by atoms with van der Waals surface area (Å²) in [4.78, 5) is 20.7. The Bertz CT molecular complexity index is 553. The summed E-state index contributed by atoms with van der Waals surface area (Å²) in [6.45, 7) is 0. The second-order valence-electron chi connectivity index (χ2n) is 2.96. The van der Waals surface area contributed by atoms with Gasteiger partial charge < -0.3 is 10.7 Å². The van der Waals surface area contributed by atoms with Gasteiger partial charge in [-0.15, -0.1) is 0 Å². The Morgan fingerprint density at radius 1 is 1.44 bits per heavy atom. The highest BCUT2D eigenvalue weighted by Gasteiger charge is 2.18. The molecule has 16 heavy (non-hydrogen) atoms. The number of nitro groups is 1. The number of nitrogens with one attached hydrogen (secondary N) is 1. The van der Waals surface area contributed by atoms with E-state index < -0.39 is 4.92 Å². The quantitative estimate of drug-likeness (QED) is 0.644. The van der Waals surface area contributed by atoms with Crippen molar-refractivity contribution in [3.05, 3.63) is 33.0 Å². The molecule has 2 heterocycles. The molecule has 2 aromatic rings. The molecule has 0 saturated heterocycles. The van der Waals surface area contributed by atoms with Crippen molar-refractivity contribution in [1.82, 2.24) is 15.0 Å². The summed E-state index contributed by atoms with van der Waals surface area (Å²) in [5.74, 6) is 0.189. The van der Waals surface area contributed by atoms with Gasteiger partial charge in [-0.3, -0.25) is 10.1 Å². The maximum absolute atomic E-state index is 10.8. The van der Waals surface area contributed by atoms with Crippen LogP contribution in [0.1, 0.15) is 0 Å². The highest BCUT2D eigenvalue weighted by atomic mass is 79.9. The van der Waals surface area contributed by atoms with Crippen LogP contribution in [0.25, 0.3) is 11.4 Å². The molecule has 0 spiro atoms. The number of nitrogens with two attached hydrogens (primary N) is 1. The fourth-order valence-electron chi connectivity index (χ4n) is 1.23. The molecule has 0 saturated carbocycles. The molecule has 2 aromatic heterocycles. The predicted molar refractivity (Wildman–Crippen MR) is 60.6 cm³/mol. The molecule has 0 atom stereocenters. The molecule has 0 amide bonds. The Kier molecular flexibility index (Phi) is 2.57. The highest BCUT2D eigenvalue weighted by molar-refractivity contribution is 9.10. The van der Waals surface area contributed by atoms with E-state index in [2.05, 4.69) is 30.9 Å². The number of aromatic nitrogens is 3. The average molecular weight is 284 g/mol. The molecule has 8 heteroatoms. The Balaban J connectivity index is 2.60. The third kappa shape index (κ3) is 1.87. The van der Waals surface area contributed by atoms with Crippen molar-refractivity contribution in [1.29, 1.82) is 0 Å². The lowest BCUT2D eigenvalue weighted by Gasteiger charge is -1.99. The minimum Gasteiger partial charge on any atom is -0.369 e. The van der Waals surface area contributed by atoms with Crippen molar-refractivity contribution >= 4 is 27.6 Å². The normalized spacial score (nSPS) is 10.3. The van der Waals surface area contributed by atoms with Crippen LogP contribution >= 0.6 is 15.9 Å². The first kappa shape index (κ1) is 10.6. The van der Waals surface area contributed by atoms with E-state index in [0.717, 1.165) is 0 Å². The van der Waals surface area contributed by atoms with Crippen LogP contribution in [0.5, 0.6) is 0 Å². The number of anilines is 1. The molecule has 0 aromatic carbocycles. The van der Waals surface area contributed by atoms with Gasteiger partial charge in [0.15, 0.2) is 11.6 Å². The molecule has 2 rings (SSSR count). The smallest absolute Gasteiger partial charge is 0.298 e. The van der Waals surface area contributed by atoms with Gasteiger partial charge in [0.1, 0.15) is 0 Å². The van der Waals surface area contributed by atoms with E-state index in [4.69, 9.17) is 5.73 Å². The first-order chi connectivity index (χ1) is 7.58. The lowest BCUT2D eigenvalue weighted by atomic mass is 10.2. The molecule has 0 bridgehead atoms. The standard InChI is InChI=1S/C8H6BrN5O2/c9-4-1-6(14(15)16)7(11-2-4)5-3-12-8(10)13-5/h1-3H,(H3,10,12,13).